The van der Waals surface area contributed by atoms with Crippen molar-refractivity contribution in [3.63, 3.8) is 0 Å². The van der Waals surface area contributed by atoms with Crippen LogP contribution < -0.4 is 10.0 Å². The Hall–Kier alpha value is -1.73. The van der Waals surface area contributed by atoms with Crippen LogP contribution in [0.15, 0.2) is 24.3 Å². The average molecular weight is 326 g/mol. The summed E-state index contributed by atoms with van der Waals surface area (Å²) in [4.78, 5) is 23.5. The average Bonchev–Trinajstić information content (AvgIpc) is 2.50. The first-order valence-electron chi connectivity index (χ1n) is 7.18. The molecule has 0 atom stereocenters. The molecule has 0 aromatic heterocycles. The standard InChI is InChI=1S/C15H22N2O4S/c1-3-22(20,21)17-11-10-16-15(19)9-8-14(18)13-6-4-12(2)5-7-13/h4-7,17H,3,8-11H2,1-2H3,(H,16,19). The number of aryl methyl sites for hydroxylation is 1. The van der Waals surface area contributed by atoms with E-state index in [2.05, 4.69) is 10.0 Å². The molecule has 7 heteroatoms. The van der Waals surface area contributed by atoms with Crippen molar-refractivity contribution in [2.24, 2.45) is 0 Å². The van der Waals surface area contributed by atoms with Gasteiger partial charge in [-0.15, -0.1) is 0 Å². The Morgan fingerprint density at radius 1 is 1.05 bits per heavy atom. The van der Waals surface area contributed by atoms with Crippen LogP contribution in [0.25, 0.3) is 0 Å². The predicted octanol–water partition coefficient (Wildman–Crippen LogP) is 1.01. The molecule has 0 aliphatic heterocycles. The van der Waals surface area contributed by atoms with E-state index in [9.17, 15) is 18.0 Å². The summed E-state index contributed by atoms with van der Waals surface area (Å²) in [5.41, 5.74) is 1.66. The van der Waals surface area contributed by atoms with Gasteiger partial charge in [0.05, 0.1) is 5.75 Å². The zero-order valence-corrected chi connectivity index (χ0v) is 13.7. The van der Waals surface area contributed by atoms with Crippen molar-refractivity contribution in [3.05, 3.63) is 35.4 Å². The maximum absolute atomic E-state index is 11.9. The van der Waals surface area contributed by atoms with Crippen LogP contribution in [-0.4, -0.2) is 39.0 Å². The SMILES string of the molecule is CCS(=O)(=O)NCCNC(=O)CCC(=O)c1ccc(C)cc1. The molecule has 122 valence electrons. The van der Waals surface area contributed by atoms with Crippen LogP contribution in [0.5, 0.6) is 0 Å². The van der Waals surface area contributed by atoms with Crippen molar-refractivity contribution in [1.82, 2.24) is 10.0 Å². The summed E-state index contributed by atoms with van der Waals surface area (Å²) in [7, 11) is -3.24. The van der Waals surface area contributed by atoms with Crippen LogP contribution >= 0.6 is 0 Å². The summed E-state index contributed by atoms with van der Waals surface area (Å²) in [6.45, 7) is 3.83. The lowest BCUT2D eigenvalue weighted by atomic mass is 10.1. The van der Waals surface area contributed by atoms with Gasteiger partial charge in [-0.05, 0) is 13.8 Å². The second-order valence-corrected chi connectivity index (χ2v) is 7.03. The fourth-order valence-corrected chi connectivity index (χ4v) is 2.33. The Kier molecular flexibility index (Phi) is 7.20. The van der Waals surface area contributed by atoms with E-state index in [0.29, 0.717) is 5.56 Å². The van der Waals surface area contributed by atoms with E-state index < -0.39 is 10.0 Å². The third-order valence-electron chi connectivity index (χ3n) is 3.10. The van der Waals surface area contributed by atoms with E-state index in [0.717, 1.165) is 5.56 Å². The highest BCUT2D eigenvalue weighted by molar-refractivity contribution is 7.89. The molecular weight excluding hydrogens is 304 g/mol. The van der Waals surface area contributed by atoms with E-state index in [1.54, 1.807) is 12.1 Å². The molecule has 0 spiro atoms. The highest BCUT2D eigenvalue weighted by Crippen LogP contribution is 2.07. The number of ketones is 1. The minimum absolute atomic E-state index is 0.00595. The third kappa shape index (κ3) is 6.82. The molecule has 0 radical (unpaired) electrons. The van der Waals surface area contributed by atoms with Gasteiger partial charge in [-0.25, -0.2) is 13.1 Å². The van der Waals surface area contributed by atoms with Gasteiger partial charge in [0.1, 0.15) is 0 Å². The monoisotopic (exact) mass is 326 g/mol. The van der Waals surface area contributed by atoms with Gasteiger partial charge >= 0.3 is 0 Å². The Bertz CT molecular complexity index is 609. The molecule has 0 unspecified atom stereocenters. The molecule has 6 nitrogen and oxygen atoms in total. The first kappa shape index (κ1) is 18.3. The fraction of sp³-hybridized carbons (Fsp3) is 0.467. The minimum atomic E-state index is -3.24. The first-order valence-corrected chi connectivity index (χ1v) is 8.83. The highest BCUT2D eigenvalue weighted by atomic mass is 32.2. The van der Waals surface area contributed by atoms with Gasteiger partial charge in [-0.1, -0.05) is 29.8 Å². The van der Waals surface area contributed by atoms with Crippen molar-refractivity contribution in [2.45, 2.75) is 26.7 Å². The number of sulfonamides is 1. The molecule has 0 saturated heterocycles. The van der Waals surface area contributed by atoms with Crippen LogP contribution in [0.2, 0.25) is 0 Å². The number of hydrogen-bond acceptors (Lipinski definition) is 4. The van der Waals surface area contributed by atoms with E-state index >= 15 is 0 Å². The maximum atomic E-state index is 11.9. The quantitative estimate of drug-likeness (QED) is 0.523. The normalized spacial score (nSPS) is 11.2. The van der Waals surface area contributed by atoms with Crippen LogP contribution in [-0.2, 0) is 14.8 Å². The summed E-state index contributed by atoms with van der Waals surface area (Å²) in [6.07, 6.45) is 0.225. The van der Waals surface area contributed by atoms with Crippen LogP contribution in [0.4, 0.5) is 0 Å². The summed E-state index contributed by atoms with van der Waals surface area (Å²) >= 11 is 0. The Labute approximate surface area is 131 Å². The summed E-state index contributed by atoms with van der Waals surface area (Å²) < 4.78 is 24.7. The maximum Gasteiger partial charge on any atom is 0.220 e. The summed E-state index contributed by atoms with van der Waals surface area (Å²) in [5.74, 6) is -0.343. The minimum Gasteiger partial charge on any atom is -0.355 e. The highest BCUT2D eigenvalue weighted by Gasteiger charge is 2.09. The van der Waals surface area contributed by atoms with Gasteiger partial charge in [-0.2, -0.15) is 0 Å². The smallest absolute Gasteiger partial charge is 0.220 e. The third-order valence-corrected chi connectivity index (χ3v) is 4.51. The van der Waals surface area contributed by atoms with Crippen molar-refractivity contribution in [1.29, 1.82) is 0 Å². The van der Waals surface area contributed by atoms with Gasteiger partial charge < -0.3 is 5.32 Å². The topological polar surface area (TPSA) is 92.3 Å². The zero-order valence-electron chi connectivity index (χ0n) is 12.9. The zero-order chi connectivity index (χ0) is 16.6. The summed E-state index contributed by atoms with van der Waals surface area (Å²) in [6, 6.07) is 7.20. The molecule has 1 aromatic carbocycles. The fourth-order valence-electron chi connectivity index (χ4n) is 1.71. The molecule has 0 fully saturated rings. The van der Waals surface area contributed by atoms with Crippen LogP contribution in [0.3, 0.4) is 0 Å². The molecule has 1 rings (SSSR count). The second kappa shape index (κ2) is 8.65. The number of nitrogens with one attached hydrogen (secondary N) is 2. The number of amides is 1. The van der Waals surface area contributed by atoms with Crippen molar-refractivity contribution in [2.75, 3.05) is 18.8 Å². The lowest BCUT2D eigenvalue weighted by Crippen LogP contribution is -2.35. The molecule has 1 aromatic rings. The molecule has 0 bridgehead atoms. The van der Waals surface area contributed by atoms with Crippen molar-refractivity contribution in [3.8, 4) is 0 Å². The Morgan fingerprint density at radius 2 is 1.68 bits per heavy atom. The molecule has 0 aliphatic rings. The van der Waals surface area contributed by atoms with E-state index in [1.165, 1.54) is 6.92 Å². The van der Waals surface area contributed by atoms with Gasteiger partial charge in [0, 0.05) is 31.5 Å². The molecule has 0 aliphatic carbocycles. The number of benzene rings is 1. The Balaban J connectivity index is 2.26. The molecule has 1 amide bonds. The molecular formula is C15H22N2O4S. The van der Waals surface area contributed by atoms with E-state index in [-0.39, 0.29) is 43.4 Å². The molecule has 2 N–H and O–H groups in total. The number of carbonyl (C=O) groups excluding carboxylic acids is 2. The lowest BCUT2D eigenvalue weighted by Gasteiger charge is -2.06. The predicted molar refractivity (Wildman–Crippen MR) is 85.2 cm³/mol. The van der Waals surface area contributed by atoms with E-state index in [4.69, 9.17) is 0 Å². The number of rotatable bonds is 9. The van der Waals surface area contributed by atoms with Crippen molar-refractivity contribution < 1.29 is 18.0 Å². The van der Waals surface area contributed by atoms with Gasteiger partial charge in [0.15, 0.2) is 5.78 Å². The van der Waals surface area contributed by atoms with Gasteiger partial charge in [0.25, 0.3) is 0 Å². The number of Topliss-reactive ketones (excluding diaryl/α,β-unsaturated/α-hetero) is 1. The van der Waals surface area contributed by atoms with Crippen LogP contribution in [0, 0.1) is 6.92 Å². The largest absolute Gasteiger partial charge is 0.355 e. The summed E-state index contributed by atoms with van der Waals surface area (Å²) in [5, 5.41) is 2.58. The van der Waals surface area contributed by atoms with Crippen LogP contribution in [0.1, 0.15) is 35.7 Å². The van der Waals surface area contributed by atoms with E-state index in [1.807, 2.05) is 19.1 Å². The number of carbonyl (C=O) groups is 2. The molecule has 0 heterocycles. The van der Waals surface area contributed by atoms with Gasteiger partial charge in [-0.3, -0.25) is 9.59 Å². The van der Waals surface area contributed by atoms with Gasteiger partial charge in [0.2, 0.25) is 15.9 Å². The molecule has 22 heavy (non-hydrogen) atoms. The van der Waals surface area contributed by atoms with Crippen molar-refractivity contribution >= 4 is 21.7 Å². The lowest BCUT2D eigenvalue weighted by molar-refractivity contribution is -0.121. The number of hydrogen-bond donors (Lipinski definition) is 2. The Morgan fingerprint density at radius 3 is 2.27 bits per heavy atom. The first-order chi connectivity index (χ1) is 10.3. The second-order valence-electron chi connectivity index (χ2n) is 4.94. The molecule has 0 saturated carbocycles.